The summed E-state index contributed by atoms with van der Waals surface area (Å²) in [5.41, 5.74) is 2.90. The lowest BCUT2D eigenvalue weighted by molar-refractivity contribution is -0.116. The number of hydrogen-bond acceptors (Lipinski definition) is 3. The van der Waals surface area contributed by atoms with Gasteiger partial charge in [0, 0.05) is 24.3 Å². The van der Waals surface area contributed by atoms with Crippen LogP contribution in [-0.4, -0.2) is 20.7 Å². The van der Waals surface area contributed by atoms with Crippen LogP contribution in [0, 0.1) is 6.92 Å². The largest absolute Gasteiger partial charge is 0.324 e. The predicted octanol–water partition coefficient (Wildman–Crippen LogP) is 1.79. The maximum absolute atomic E-state index is 11.8. The van der Waals surface area contributed by atoms with Gasteiger partial charge in [0.2, 0.25) is 5.91 Å². The highest BCUT2D eigenvalue weighted by molar-refractivity contribution is 5.90. The van der Waals surface area contributed by atoms with Gasteiger partial charge in [-0.15, -0.1) is 0 Å². The van der Waals surface area contributed by atoms with Gasteiger partial charge in [0.1, 0.15) is 6.54 Å². The molecule has 1 amide bonds. The third kappa shape index (κ3) is 2.94. The number of hydrogen-bond donors (Lipinski definition) is 1. The Morgan fingerprint density at radius 3 is 2.72 bits per heavy atom. The van der Waals surface area contributed by atoms with Crippen LogP contribution in [0.5, 0.6) is 0 Å². The third-order valence-corrected chi connectivity index (χ3v) is 2.70. The Balaban J connectivity index is 1.99. The number of rotatable bonds is 4. The highest BCUT2D eigenvalue weighted by atomic mass is 16.2. The van der Waals surface area contributed by atoms with E-state index < -0.39 is 0 Å². The second-order valence-electron chi connectivity index (χ2n) is 4.07. The molecular weight excluding hydrogens is 228 g/mol. The number of anilines is 1. The Morgan fingerprint density at radius 2 is 2.11 bits per heavy atom. The number of pyridine rings is 1. The number of nitrogens with one attached hydrogen (secondary N) is 1. The van der Waals surface area contributed by atoms with E-state index in [0.717, 1.165) is 17.8 Å². The van der Waals surface area contributed by atoms with Crippen LogP contribution in [0.2, 0.25) is 0 Å². The lowest BCUT2D eigenvalue weighted by Crippen LogP contribution is -2.19. The van der Waals surface area contributed by atoms with Crippen molar-refractivity contribution in [2.75, 3.05) is 5.32 Å². The Bertz CT molecular complexity index is 533. The Labute approximate surface area is 106 Å². The normalized spacial score (nSPS) is 10.3. The molecular formula is C13H16N4O. The van der Waals surface area contributed by atoms with Gasteiger partial charge in [-0.2, -0.15) is 5.10 Å². The molecule has 0 saturated heterocycles. The van der Waals surface area contributed by atoms with Crippen molar-refractivity contribution in [1.29, 1.82) is 0 Å². The molecule has 2 rings (SSSR count). The molecule has 2 heterocycles. The van der Waals surface area contributed by atoms with E-state index in [1.807, 2.05) is 13.1 Å². The summed E-state index contributed by atoms with van der Waals surface area (Å²) in [5, 5.41) is 7.10. The SMILES string of the molecule is CCc1cn(CC(=O)Nc2ccncc2)nc1C. The van der Waals surface area contributed by atoms with E-state index in [-0.39, 0.29) is 12.5 Å². The van der Waals surface area contributed by atoms with Crippen LogP contribution in [0.4, 0.5) is 5.69 Å². The van der Waals surface area contributed by atoms with Crippen molar-refractivity contribution in [3.8, 4) is 0 Å². The molecule has 0 atom stereocenters. The van der Waals surface area contributed by atoms with Gasteiger partial charge in [0.25, 0.3) is 0 Å². The number of carbonyl (C=O) groups is 1. The van der Waals surface area contributed by atoms with Gasteiger partial charge in [-0.05, 0) is 31.0 Å². The van der Waals surface area contributed by atoms with Crippen LogP contribution < -0.4 is 5.32 Å². The standard InChI is InChI=1S/C13H16N4O/c1-3-11-8-17(16-10(11)2)9-13(18)15-12-4-6-14-7-5-12/h4-8H,3,9H2,1-2H3,(H,14,15,18). The van der Waals surface area contributed by atoms with Gasteiger partial charge in [-0.25, -0.2) is 0 Å². The maximum atomic E-state index is 11.8. The fourth-order valence-corrected chi connectivity index (χ4v) is 1.77. The molecule has 0 aliphatic heterocycles. The molecule has 0 fully saturated rings. The zero-order valence-electron chi connectivity index (χ0n) is 10.6. The maximum Gasteiger partial charge on any atom is 0.246 e. The number of aryl methyl sites for hydroxylation is 2. The van der Waals surface area contributed by atoms with Crippen molar-refractivity contribution in [3.63, 3.8) is 0 Å². The first-order valence-electron chi connectivity index (χ1n) is 5.92. The van der Waals surface area contributed by atoms with Crippen molar-refractivity contribution in [1.82, 2.24) is 14.8 Å². The van der Waals surface area contributed by atoms with Crippen LogP contribution in [0.25, 0.3) is 0 Å². The summed E-state index contributed by atoms with van der Waals surface area (Å²) in [7, 11) is 0. The van der Waals surface area contributed by atoms with E-state index in [9.17, 15) is 4.79 Å². The first-order valence-corrected chi connectivity index (χ1v) is 5.92. The first-order chi connectivity index (χ1) is 8.69. The van der Waals surface area contributed by atoms with E-state index >= 15 is 0 Å². The van der Waals surface area contributed by atoms with Crippen LogP contribution >= 0.6 is 0 Å². The quantitative estimate of drug-likeness (QED) is 0.892. The number of amides is 1. The molecule has 0 saturated carbocycles. The average molecular weight is 244 g/mol. The molecule has 0 radical (unpaired) electrons. The monoisotopic (exact) mass is 244 g/mol. The molecule has 0 unspecified atom stereocenters. The van der Waals surface area contributed by atoms with E-state index in [4.69, 9.17) is 0 Å². The van der Waals surface area contributed by atoms with Crippen LogP contribution in [0.3, 0.4) is 0 Å². The highest BCUT2D eigenvalue weighted by Crippen LogP contribution is 2.07. The average Bonchev–Trinajstić information content (AvgIpc) is 2.70. The smallest absolute Gasteiger partial charge is 0.246 e. The minimum absolute atomic E-state index is 0.0913. The molecule has 0 aromatic carbocycles. The molecule has 1 N–H and O–H groups in total. The molecule has 2 aromatic heterocycles. The van der Waals surface area contributed by atoms with Crippen molar-refractivity contribution in [2.45, 2.75) is 26.8 Å². The van der Waals surface area contributed by atoms with Crippen molar-refractivity contribution in [2.24, 2.45) is 0 Å². The van der Waals surface area contributed by atoms with Gasteiger partial charge in [-0.1, -0.05) is 6.92 Å². The highest BCUT2D eigenvalue weighted by Gasteiger charge is 2.07. The topological polar surface area (TPSA) is 59.8 Å². The van der Waals surface area contributed by atoms with Crippen LogP contribution in [0.15, 0.2) is 30.7 Å². The minimum Gasteiger partial charge on any atom is -0.324 e. The summed E-state index contributed by atoms with van der Waals surface area (Å²) in [4.78, 5) is 15.7. The number of nitrogens with zero attached hydrogens (tertiary/aromatic N) is 3. The summed E-state index contributed by atoms with van der Waals surface area (Å²) in [6.45, 7) is 4.25. The van der Waals surface area contributed by atoms with Gasteiger partial charge < -0.3 is 5.32 Å². The molecule has 18 heavy (non-hydrogen) atoms. The zero-order chi connectivity index (χ0) is 13.0. The lowest BCUT2D eigenvalue weighted by Gasteiger charge is -2.04. The fraction of sp³-hybridized carbons (Fsp3) is 0.308. The van der Waals surface area contributed by atoms with Crippen molar-refractivity contribution >= 4 is 11.6 Å². The molecule has 0 aliphatic rings. The van der Waals surface area contributed by atoms with Crippen LogP contribution in [-0.2, 0) is 17.8 Å². The van der Waals surface area contributed by atoms with Crippen molar-refractivity contribution < 1.29 is 4.79 Å². The molecule has 0 bridgehead atoms. The summed E-state index contributed by atoms with van der Waals surface area (Å²) >= 11 is 0. The summed E-state index contributed by atoms with van der Waals surface area (Å²) in [6.07, 6.45) is 6.13. The van der Waals surface area contributed by atoms with Gasteiger partial charge in [0.15, 0.2) is 0 Å². The molecule has 5 heteroatoms. The van der Waals surface area contributed by atoms with Gasteiger partial charge >= 0.3 is 0 Å². The predicted molar refractivity (Wildman–Crippen MR) is 69.2 cm³/mol. The summed E-state index contributed by atoms with van der Waals surface area (Å²) in [5.74, 6) is -0.0913. The Morgan fingerprint density at radius 1 is 1.39 bits per heavy atom. The Hall–Kier alpha value is -2.17. The third-order valence-electron chi connectivity index (χ3n) is 2.70. The van der Waals surface area contributed by atoms with E-state index in [1.54, 1.807) is 29.2 Å². The number of carbonyl (C=O) groups excluding carboxylic acids is 1. The van der Waals surface area contributed by atoms with Gasteiger partial charge in [-0.3, -0.25) is 14.5 Å². The fourth-order valence-electron chi connectivity index (χ4n) is 1.77. The Kier molecular flexibility index (Phi) is 3.72. The number of aromatic nitrogens is 3. The van der Waals surface area contributed by atoms with E-state index in [2.05, 4.69) is 22.3 Å². The van der Waals surface area contributed by atoms with Crippen LogP contribution in [0.1, 0.15) is 18.2 Å². The summed E-state index contributed by atoms with van der Waals surface area (Å²) < 4.78 is 1.67. The summed E-state index contributed by atoms with van der Waals surface area (Å²) in [6, 6.07) is 3.51. The molecule has 94 valence electrons. The second-order valence-corrected chi connectivity index (χ2v) is 4.07. The molecule has 5 nitrogen and oxygen atoms in total. The van der Waals surface area contributed by atoms with E-state index in [0.29, 0.717) is 0 Å². The lowest BCUT2D eigenvalue weighted by atomic mass is 10.2. The zero-order valence-corrected chi connectivity index (χ0v) is 10.6. The second kappa shape index (κ2) is 5.44. The first kappa shape index (κ1) is 12.3. The van der Waals surface area contributed by atoms with Gasteiger partial charge in [0.05, 0.1) is 5.69 Å². The van der Waals surface area contributed by atoms with E-state index in [1.165, 1.54) is 5.56 Å². The molecule has 0 aliphatic carbocycles. The molecule has 0 spiro atoms. The van der Waals surface area contributed by atoms with Crippen molar-refractivity contribution in [3.05, 3.63) is 42.0 Å². The minimum atomic E-state index is -0.0913. The molecule has 2 aromatic rings.